The van der Waals surface area contributed by atoms with Crippen LogP contribution in [-0.4, -0.2) is 17.1 Å². The molecule has 0 radical (unpaired) electrons. The predicted molar refractivity (Wildman–Crippen MR) is 92.4 cm³/mol. The minimum atomic E-state index is -0.0825. The summed E-state index contributed by atoms with van der Waals surface area (Å²) in [6.45, 7) is 4.29. The van der Waals surface area contributed by atoms with Crippen LogP contribution in [0.4, 0.5) is 0 Å². The number of hydrogen-bond acceptors (Lipinski definition) is 3. The summed E-state index contributed by atoms with van der Waals surface area (Å²) in [5, 5.41) is 0. The van der Waals surface area contributed by atoms with E-state index in [0.29, 0.717) is 21.2 Å². The first-order valence-corrected chi connectivity index (χ1v) is 8.92. The fraction of sp³-hybridized carbons (Fsp3) is 0.750. The molecule has 0 spiro atoms. The Hall–Kier alpha value is -0.430. The molecule has 1 fully saturated rings. The van der Waals surface area contributed by atoms with Gasteiger partial charge in [0.05, 0.1) is 9.26 Å². The van der Waals surface area contributed by atoms with E-state index in [-0.39, 0.29) is 11.7 Å². The molecule has 1 aliphatic rings. The molecular weight excluding hydrogens is 379 g/mol. The van der Waals surface area contributed by atoms with Crippen LogP contribution in [-0.2, 0) is 11.2 Å². The molecule has 1 N–H and O–H groups in total. The number of halogens is 1. The maximum atomic E-state index is 12.2. The summed E-state index contributed by atoms with van der Waals surface area (Å²) >= 11 is 2.10. The number of hydrogen-bond donors (Lipinski definition) is 1. The predicted octanol–water partition coefficient (Wildman–Crippen LogP) is 3.84. The highest BCUT2D eigenvalue weighted by atomic mass is 127. The van der Waals surface area contributed by atoms with Gasteiger partial charge in [-0.2, -0.15) is 0 Å². The summed E-state index contributed by atoms with van der Waals surface area (Å²) in [5.74, 6) is 1.67. The van der Waals surface area contributed by atoms with Crippen molar-refractivity contribution in [3.63, 3.8) is 0 Å². The molecule has 1 aliphatic carbocycles. The van der Waals surface area contributed by atoms with Gasteiger partial charge < -0.3 is 9.72 Å². The summed E-state index contributed by atoms with van der Waals surface area (Å²) in [7, 11) is 1.72. The molecule has 1 unspecified atom stereocenters. The van der Waals surface area contributed by atoms with Crippen molar-refractivity contribution >= 4 is 22.6 Å². The lowest BCUT2D eigenvalue weighted by Crippen LogP contribution is -2.26. The second-order valence-electron chi connectivity index (χ2n) is 6.36. The number of aromatic amines is 1. The second-order valence-corrected chi connectivity index (χ2v) is 7.44. The normalized spacial score (nSPS) is 18.1. The Morgan fingerprint density at radius 1 is 1.33 bits per heavy atom. The van der Waals surface area contributed by atoms with Crippen LogP contribution in [0.15, 0.2) is 4.79 Å². The summed E-state index contributed by atoms with van der Waals surface area (Å²) in [4.78, 5) is 19.9. The number of nitrogens with zero attached hydrogens (tertiary/aromatic N) is 1. The fourth-order valence-corrected chi connectivity index (χ4v) is 3.62. The van der Waals surface area contributed by atoms with Crippen LogP contribution < -0.4 is 5.56 Å². The van der Waals surface area contributed by atoms with Crippen molar-refractivity contribution in [3.8, 4) is 0 Å². The third-order valence-corrected chi connectivity index (χ3v) is 5.27. The number of methoxy groups -OCH3 is 1. The Balaban J connectivity index is 2.32. The standard InChI is InChI=1S/C16H25IN2O2/c1-10(2)9-12-13(17)16(20)19-15(18-12)14(21-3)11-7-5-4-6-8-11/h10-11,14H,4-9H2,1-3H3,(H,18,19,20). The summed E-state index contributed by atoms with van der Waals surface area (Å²) in [6.07, 6.45) is 6.87. The molecular formula is C16H25IN2O2. The van der Waals surface area contributed by atoms with E-state index >= 15 is 0 Å². The molecule has 0 aliphatic heterocycles. The maximum Gasteiger partial charge on any atom is 0.264 e. The van der Waals surface area contributed by atoms with Gasteiger partial charge in [0.2, 0.25) is 0 Å². The van der Waals surface area contributed by atoms with E-state index in [1.165, 1.54) is 19.3 Å². The van der Waals surface area contributed by atoms with Gasteiger partial charge >= 0.3 is 0 Å². The van der Waals surface area contributed by atoms with Crippen molar-refractivity contribution in [3.05, 3.63) is 25.4 Å². The summed E-state index contributed by atoms with van der Waals surface area (Å²) < 4.78 is 6.41. The van der Waals surface area contributed by atoms with Crippen LogP contribution in [0.5, 0.6) is 0 Å². The zero-order valence-corrected chi connectivity index (χ0v) is 15.3. The van der Waals surface area contributed by atoms with Gasteiger partial charge in [-0.25, -0.2) is 4.98 Å². The quantitative estimate of drug-likeness (QED) is 0.759. The first-order chi connectivity index (χ1) is 10.0. The fourth-order valence-electron chi connectivity index (χ4n) is 3.15. The van der Waals surface area contributed by atoms with E-state index in [1.54, 1.807) is 7.11 Å². The molecule has 1 atom stereocenters. The molecule has 1 aromatic rings. The van der Waals surface area contributed by atoms with Crippen LogP contribution in [0.2, 0.25) is 0 Å². The maximum absolute atomic E-state index is 12.2. The van der Waals surface area contributed by atoms with Crippen molar-refractivity contribution in [2.24, 2.45) is 11.8 Å². The lowest BCUT2D eigenvalue weighted by molar-refractivity contribution is 0.0285. The molecule has 0 bridgehead atoms. The lowest BCUT2D eigenvalue weighted by Gasteiger charge is -2.28. The van der Waals surface area contributed by atoms with Crippen LogP contribution in [0.1, 0.15) is 63.6 Å². The van der Waals surface area contributed by atoms with E-state index in [1.807, 2.05) is 0 Å². The van der Waals surface area contributed by atoms with E-state index in [2.05, 4.69) is 41.4 Å². The van der Waals surface area contributed by atoms with Crippen molar-refractivity contribution < 1.29 is 4.74 Å². The monoisotopic (exact) mass is 404 g/mol. The summed E-state index contributed by atoms with van der Waals surface area (Å²) in [6, 6.07) is 0. The zero-order valence-electron chi connectivity index (χ0n) is 13.1. The van der Waals surface area contributed by atoms with Gasteiger partial charge in [-0.05, 0) is 53.7 Å². The molecule has 1 saturated carbocycles. The second kappa shape index (κ2) is 7.72. The number of nitrogens with one attached hydrogen (secondary N) is 1. The Bertz CT molecular complexity index is 521. The van der Waals surface area contributed by atoms with E-state index in [0.717, 1.165) is 25.0 Å². The van der Waals surface area contributed by atoms with Crippen molar-refractivity contribution in [2.75, 3.05) is 7.11 Å². The first kappa shape index (κ1) is 16.9. The van der Waals surface area contributed by atoms with Gasteiger partial charge in [0.15, 0.2) is 0 Å². The molecule has 2 rings (SSSR count). The smallest absolute Gasteiger partial charge is 0.264 e. The first-order valence-electron chi connectivity index (χ1n) is 7.84. The molecule has 0 aromatic carbocycles. The molecule has 5 heteroatoms. The number of aromatic nitrogens is 2. The Kier molecular flexibility index (Phi) is 6.22. The summed E-state index contributed by atoms with van der Waals surface area (Å²) in [5.41, 5.74) is 0.872. The third kappa shape index (κ3) is 4.28. The molecule has 1 aromatic heterocycles. The van der Waals surface area contributed by atoms with E-state index < -0.39 is 0 Å². The van der Waals surface area contributed by atoms with Crippen LogP contribution in [0.25, 0.3) is 0 Å². The highest BCUT2D eigenvalue weighted by molar-refractivity contribution is 14.1. The molecule has 1 heterocycles. The molecule has 21 heavy (non-hydrogen) atoms. The number of H-pyrrole nitrogens is 1. The Morgan fingerprint density at radius 3 is 2.57 bits per heavy atom. The van der Waals surface area contributed by atoms with Crippen molar-refractivity contribution in [1.82, 2.24) is 9.97 Å². The van der Waals surface area contributed by atoms with Crippen molar-refractivity contribution in [1.29, 1.82) is 0 Å². The Labute approximate surface area is 140 Å². The zero-order chi connectivity index (χ0) is 15.4. The van der Waals surface area contributed by atoms with Crippen molar-refractivity contribution in [2.45, 2.75) is 58.5 Å². The minimum Gasteiger partial charge on any atom is -0.373 e. The van der Waals surface area contributed by atoms with Gasteiger partial charge in [0.25, 0.3) is 5.56 Å². The minimum absolute atomic E-state index is 0.0332. The van der Waals surface area contributed by atoms with E-state index in [9.17, 15) is 4.79 Å². The Morgan fingerprint density at radius 2 is 2.00 bits per heavy atom. The van der Waals surface area contributed by atoms with Gasteiger partial charge in [-0.15, -0.1) is 0 Å². The van der Waals surface area contributed by atoms with Crippen LogP contribution >= 0.6 is 22.6 Å². The molecule has 0 amide bonds. The number of rotatable bonds is 5. The average Bonchev–Trinajstić information content (AvgIpc) is 2.45. The average molecular weight is 404 g/mol. The molecule has 0 saturated heterocycles. The van der Waals surface area contributed by atoms with E-state index in [4.69, 9.17) is 9.72 Å². The highest BCUT2D eigenvalue weighted by Gasteiger charge is 2.27. The topological polar surface area (TPSA) is 55.0 Å². The van der Waals surface area contributed by atoms with Gasteiger partial charge in [-0.1, -0.05) is 33.1 Å². The van der Waals surface area contributed by atoms with Crippen LogP contribution in [0.3, 0.4) is 0 Å². The van der Waals surface area contributed by atoms with Gasteiger partial charge in [0, 0.05) is 7.11 Å². The molecule has 4 nitrogen and oxygen atoms in total. The number of ether oxygens (including phenoxy) is 1. The van der Waals surface area contributed by atoms with Crippen LogP contribution in [0, 0.1) is 15.4 Å². The highest BCUT2D eigenvalue weighted by Crippen LogP contribution is 2.35. The SMILES string of the molecule is COC(c1nc(CC(C)C)c(I)c(=O)[nH]1)C1CCCCC1. The van der Waals surface area contributed by atoms with Gasteiger partial charge in [0.1, 0.15) is 11.9 Å². The van der Waals surface area contributed by atoms with Gasteiger partial charge in [-0.3, -0.25) is 4.79 Å². The largest absolute Gasteiger partial charge is 0.373 e. The lowest BCUT2D eigenvalue weighted by atomic mass is 9.85. The third-order valence-electron chi connectivity index (χ3n) is 4.15. The molecule has 118 valence electrons.